The monoisotopic (exact) mass is 363 g/mol. The number of nitrogens with zero attached hydrogens (tertiary/aromatic N) is 3. The highest BCUT2D eigenvalue weighted by Crippen LogP contribution is 2.21. The van der Waals surface area contributed by atoms with Crippen LogP contribution >= 0.6 is 0 Å². The first kappa shape index (κ1) is 19.3. The summed E-state index contributed by atoms with van der Waals surface area (Å²) in [5.74, 6) is -0.0878. The maximum Gasteiger partial charge on any atom is 0.237 e. The predicted octanol–water partition coefficient (Wildman–Crippen LogP) is 1.83. The van der Waals surface area contributed by atoms with Crippen molar-refractivity contribution in [3.63, 3.8) is 0 Å². The number of hydrogen-bond acceptors (Lipinski definition) is 4. The van der Waals surface area contributed by atoms with Crippen LogP contribution in [-0.4, -0.2) is 79.6 Å². The molecule has 0 spiro atoms. The highest BCUT2D eigenvalue weighted by atomic mass is 19.1. The van der Waals surface area contributed by atoms with E-state index in [2.05, 4.69) is 23.6 Å². The highest BCUT2D eigenvalue weighted by molar-refractivity contribution is 5.79. The first-order valence-corrected chi connectivity index (χ1v) is 9.46. The molecular formula is C20H30FN3O2. The van der Waals surface area contributed by atoms with Gasteiger partial charge in [0.1, 0.15) is 5.82 Å². The molecule has 0 atom stereocenters. The van der Waals surface area contributed by atoms with Crippen molar-refractivity contribution >= 4 is 5.91 Å². The van der Waals surface area contributed by atoms with Crippen molar-refractivity contribution in [2.75, 3.05) is 59.0 Å². The number of carbonyl (C=O) groups is 1. The summed E-state index contributed by atoms with van der Waals surface area (Å²) in [4.78, 5) is 19.1. The van der Waals surface area contributed by atoms with Crippen molar-refractivity contribution in [2.24, 2.45) is 5.41 Å². The van der Waals surface area contributed by atoms with Crippen LogP contribution in [0.2, 0.25) is 0 Å². The quantitative estimate of drug-likeness (QED) is 0.773. The van der Waals surface area contributed by atoms with E-state index in [1.807, 2.05) is 4.90 Å². The Labute approximate surface area is 155 Å². The van der Waals surface area contributed by atoms with Gasteiger partial charge in [0.2, 0.25) is 5.91 Å². The molecule has 2 aliphatic rings. The Morgan fingerprint density at radius 3 is 2.31 bits per heavy atom. The van der Waals surface area contributed by atoms with Crippen molar-refractivity contribution in [2.45, 2.75) is 20.4 Å². The van der Waals surface area contributed by atoms with Crippen LogP contribution in [0.4, 0.5) is 4.39 Å². The Bertz CT molecular complexity index is 600. The smallest absolute Gasteiger partial charge is 0.237 e. The zero-order valence-electron chi connectivity index (χ0n) is 15.9. The van der Waals surface area contributed by atoms with Gasteiger partial charge in [-0.05, 0) is 23.1 Å². The second kappa shape index (κ2) is 8.46. The number of piperazine rings is 1. The van der Waals surface area contributed by atoms with E-state index in [0.29, 0.717) is 13.1 Å². The molecule has 1 amide bonds. The largest absolute Gasteiger partial charge is 0.379 e. The second-order valence-corrected chi connectivity index (χ2v) is 8.21. The summed E-state index contributed by atoms with van der Waals surface area (Å²) in [6.07, 6.45) is 0. The minimum absolute atomic E-state index is 0.136. The fraction of sp³-hybridized carbons (Fsp3) is 0.650. The summed E-state index contributed by atoms with van der Waals surface area (Å²) in [6.45, 7) is 12.8. The number of ether oxygens (including phenoxy) is 1. The molecule has 0 aromatic heterocycles. The van der Waals surface area contributed by atoms with Crippen LogP contribution in [-0.2, 0) is 16.1 Å². The maximum atomic E-state index is 13.0. The number of halogens is 1. The van der Waals surface area contributed by atoms with Crippen molar-refractivity contribution in [1.82, 2.24) is 14.7 Å². The zero-order valence-corrected chi connectivity index (χ0v) is 15.9. The van der Waals surface area contributed by atoms with Crippen LogP contribution in [0.5, 0.6) is 0 Å². The molecule has 5 nitrogen and oxygen atoms in total. The second-order valence-electron chi connectivity index (χ2n) is 8.21. The van der Waals surface area contributed by atoms with Gasteiger partial charge < -0.3 is 9.64 Å². The van der Waals surface area contributed by atoms with Gasteiger partial charge in [0.25, 0.3) is 0 Å². The molecule has 0 saturated carbocycles. The van der Waals surface area contributed by atoms with Crippen molar-refractivity contribution in [1.29, 1.82) is 0 Å². The number of amides is 1. The van der Waals surface area contributed by atoms with Gasteiger partial charge in [-0.25, -0.2) is 4.39 Å². The highest BCUT2D eigenvalue weighted by Gasteiger charge is 2.30. The summed E-state index contributed by atoms with van der Waals surface area (Å²) in [6, 6.07) is 6.40. The molecule has 0 unspecified atom stereocenters. The van der Waals surface area contributed by atoms with Gasteiger partial charge in [-0.15, -0.1) is 0 Å². The Balaban J connectivity index is 1.48. The van der Waals surface area contributed by atoms with E-state index >= 15 is 0 Å². The van der Waals surface area contributed by atoms with Gasteiger partial charge in [0, 0.05) is 45.8 Å². The van der Waals surface area contributed by atoms with Crippen LogP contribution in [0.25, 0.3) is 0 Å². The van der Waals surface area contributed by atoms with Gasteiger partial charge in [0.15, 0.2) is 0 Å². The molecule has 144 valence electrons. The molecule has 0 radical (unpaired) electrons. The summed E-state index contributed by atoms with van der Waals surface area (Å²) in [5, 5.41) is 0. The topological polar surface area (TPSA) is 36.0 Å². The number of hydrogen-bond donors (Lipinski definition) is 0. The van der Waals surface area contributed by atoms with Crippen LogP contribution in [0.3, 0.4) is 0 Å². The molecule has 26 heavy (non-hydrogen) atoms. The Morgan fingerprint density at radius 1 is 1.00 bits per heavy atom. The molecule has 2 fully saturated rings. The normalized spacial score (nSPS) is 20.6. The lowest BCUT2D eigenvalue weighted by Gasteiger charge is -2.41. The number of rotatable bonds is 6. The van der Waals surface area contributed by atoms with E-state index in [0.717, 1.165) is 58.0 Å². The molecule has 1 aromatic carbocycles. The lowest BCUT2D eigenvalue weighted by Crippen LogP contribution is -2.53. The molecule has 1 aromatic rings. The van der Waals surface area contributed by atoms with Crippen molar-refractivity contribution < 1.29 is 13.9 Å². The Morgan fingerprint density at radius 2 is 1.65 bits per heavy atom. The Kier molecular flexibility index (Phi) is 6.27. The summed E-state index contributed by atoms with van der Waals surface area (Å²) in [5.41, 5.74) is 1.11. The SMILES string of the molecule is CC(C)(CN1CCOCC1)CN1CCN(Cc2ccc(F)cc2)C(=O)C1. The molecule has 2 saturated heterocycles. The summed E-state index contributed by atoms with van der Waals surface area (Å²) in [7, 11) is 0. The molecule has 2 heterocycles. The lowest BCUT2D eigenvalue weighted by molar-refractivity contribution is -0.137. The van der Waals surface area contributed by atoms with E-state index in [9.17, 15) is 9.18 Å². The third-order valence-corrected chi connectivity index (χ3v) is 5.09. The standard InChI is InChI=1S/C20H30FN3O2/c1-20(2,15-22-9-11-26-12-10-22)16-23-7-8-24(19(25)14-23)13-17-3-5-18(21)6-4-17/h3-6H,7-16H2,1-2H3. The van der Waals surface area contributed by atoms with Crippen LogP contribution in [0, 0.1) is 11.2 Å². The molecule has 0 aliphatic carbocycles. The minimum Gasteiger partial charge on any atom is -0.379 e. The lowest BCUT2D eigenvalue weighted by atomic mass is 9.91. The molecule has 6 heteroatoms. The van der Waals surface area contributed by atoms with Gasteiger partial charge in [-0.1, -0.05) is 26.0 Å². The molecule has 2 aliphatic heterocycles. The van der Waals surface area contributed by atoms with Crippen molar-refractivity contribution in [3.8, 4) is 0 Å². The number of carbonyl (C=O) groups excluding carboxylic acids is 1. The fourth-order valence-corrected chi connectivity index (χ4v) is 3.89. The van der Waals surface area contributed by atoms with Gasteiger partial charge >= 0.3 is 0 Å². The van der Waals surface area contributed by atoms with E-state index in [1.165, 1.54) is 12.1 Å². The van der Waals surface area contributed by atoms with Crippen LogP contribution in [0.15, 0.2) is 24.3 Å². The average Bonchev–Trinajstić information content (AvgIpc) is 2.59. The van der Waals surface area contributed by atoms with Crippen LogP contribution in [0.1, 0.15) is 19.4 Å². The molecule has 3 rings (SSSR count). The Hall–Kier alpha value is -1.50. The van der Waals surface area contributed by atoms with E-state index < -0.39 is 0 Å². The van der Waals surface area contributed by atoms with Gasteiger partial charge in [0.05, 0.1) is 19.8 Å². The molecule has 0 bridgehead atoms. The zero-order chi connectivity index (χ0) is 18.6. The average molecular weight is 363 g/mol. The fourth-order valence-electron chi connectivity index (χ4n) is 3.89. The van der Waals surface area contributed by atoms with Gasteiger partial charge in [-0.3, -0.25) is 14.6 Å². The maximum absolute atomic E-state index is 13.0. The number of morpholine rings is 1. The van der Waals surface area contributed by atoms with E-state index in [1.54, 1.807) is 12.1 Å². The van der Waals surface area contributed by atoms with Gasteiger partial charge in [-0.2, -0.15) is 0 Å². The first-order valence-electron chi connectivity index (χ1n) is 9.46. The third kappa shape index (κ3) is 5.50. The summed E-state index contributed by atoms with van der Waals surface area (Å²) < 4.78 is 18.4. The predicted molar refractivity (Wildman–Crippen MR) is 99.3 cm³/mol. The third-order valence-electron chi connectivity index (χ3n) is 5.09. The molecular weight excluding hydrogens is 333 g/mol. The van der Waals surface area contributed by atoms with Crippen molar-refractivity contribution in [3.05, 3.63) is 35.6 Å². The van der Waals surface area contributed by atoms with Crippen LogP contribution < -0.4 is 0 Å². The van der Waals surface area contributed by atoms with E-state index in [-0.39, 0.29) is 17.1 Å². The number of benzene rings is 1. The first-order chi connectivity index (χ1) is 12.4. The molecule has 0 N–H and O–H groups in total. The van der Waals surface area contributed by atoms with E-state index in [4.69, 9.17) is 4.74 Å². The summed E-state index contributed by atoms with van der Waals surface area (Å²) >= 11 is 0. The minimum atomic E-state index is -0.243.